The summed E-state index contributed by atoms with van der Waals surface area (Å²) in [6.45, 7) is 4.58. The molecule has 19 heavy (non-hydrogen) atoms. The minimum absolute atomic E-state index is 0.505. The summed E-state index contributed by atoms with van der Waals surface area (Å²) in [5, 5.41) is 0.980. The largest absolute Gasteiger partial charge is 0.497 e. The molecule has 3 nitrogen and oxygen atoms in total. The van der Waals surface area contributed by atoms with Crippen molar-refractivity contribution in [3.05, 3.63) is 47.2 Å². The monoisotopic (exact) mass is 274 g/mol. The summed E-state index contributed by atoms with van der Waals surface area (Å²) in [6.07, 6.45) is 0. The van der Waals surface area contributed by atoms with E-state index in [-0.39, 0.29) is 0 Å². The highest BCUT2D eigenvalue weighted by molar-refractivity contribution is 7.99. The molecule has 4 heteroatoms. The number of nitrogens with zero attached hydrogens (tertiary/aromatic N) is 1. The molecule has 0 bridgehead atoms. The van der Waals surface area contributed by atoms with E-state index >= 15 is 0 Å². The van der Waals surface area contributed by atoms with Gasteiger partial charge in [0.1, 0.15) is 10.8 Å². The molecule has 2 aromatic rings. The maximum Gasteiger partial charge on any atom is 0.119 e. The molecule has 2 rings (SSSR count). The van der Waals surface area contributed by atoms with Crippen molar-refractivity contribution < 1.29 is 4.74 Å². The average Bonchev–Trinajstić information content (AvgIpc) is 2.38. The summed E-state index contributed by atoms with van der Waals surface area (Å²) in [7, 11) is 1.67. The Bertz CT molecular complexity index is 584. The van der Waals surface area contributed by atoms with E-state index in [1.807, 2.05) is 31.2 Å². The number of hydrogen-bond acceptors (Lipinski definition) is 4. The third-order valence-electron chi connectivity index (χ3n) is 2.90. The van der Waals surface area contributed by atoms with Gasteiger partial charge in [-0.25, -0.2) is 4.98 Å². The smallest absolute Gasteiger partial charge is 0.119 e. The lowest BCUT2D eigenvalue weighted by atomic mass is 10.1. The molecule has 0 aliphatic rings. The van der Waals surface area contributed by atoms with Crippen LogP contribution >= 0.6 is 11.8 Å². The van der Waals surface area contributed by atoms with Crippen molar-refractivity contribution in [1.82, 2.24) is 4.98 Å². The second kappa shape index (κ2) is 6.08. The van der Waals surface area contributed by atoms with Gasteiger partial charge in [-0.3, -0.25) is 0 Å². The summed E-state index contributed by atoms with van der Waals surface area (Å²) in [5.74, 6) is 0.851. The molecule has 100 valence electrons. The van der Waals surface area contributed by atoms with Crippen molar-refractivity contribution in [2.24, 2.45) is 5.73 Å². The minimum atomic E-state index is 0.505. The fourth-order valence-corrected chi connectivity index (χ4v) is 3.04. The van der Waals surface area contributed by atoms with Gasteiger partial charge in [-0.2, -0.15) is 0 Å². The predicted molar refractivity (Wildman–Crippen MR) is 78.7 cm³/mol. The Morgan fingerprint density at radius 3 is 2.74 bits per heavy atom. The summed E-state index contributed by atoms with van der Waals surface area (Å²) in [4.78, 5) is 5.70. The highest BCUT2D eigenvalue weighted by Crippen LogP contribution is 2.32. The number of nitrogens with two attached hydrogens (primary N) is 1. The van der Waals surface area contributed by atoms with Crippen LogP contribution in [0.2, 0.25) is 0 Å². The molecule has 2 N–H and O–H groups in total. The number of methoxy groups -OCH3 is 1. The van der Waals surface area contributed by atoms with Gasteiger partial charge < -0.3 is 10.5 Å². The third kappa shape index (κ3) is 3.28. The molecule has 0 aliphatic carbocycles. The average molecular weight is 274 g/mol. The van der Waals surface area contributed by atoms with Gasteiger partial charge in [-0.05, 0) is 43.7 Å². The van der Waals surface area contributed by atoms with Gasteiger partial charge in [0.25, 0.3) is 0 Å². The van der Waals surface area contributed by atoms with Gasteiger partial charge in [0.15, 0.2) is 0 Å². The van der Waals surface area contributed by atoms with Gasteiger partial charge in [0, 0.05) is 22.7 Å². The van der Waals surface area contributed by atoms with E-state index in [9.17, 15) is 0 Å². The maximum absolute atomic E-state index is 5.83. The Kier molecular flexibility index (Phi) is 4.45. The van der Waals surface area contributed by atoms with Crippen LogP contribution in [0.25, 0.3) is 0 Å². The zero-order valence-electron chi connectivity index (χ0n) is 11.4. The lowest BCUT2D eigenvalue weighted by Gasteiger charge is -2.11. The van der Waals surface area contributed by atoms with Crippen molar-refractivity contribution in [3.63, 3.8) is 0 Å². The van der Waals surface area contributed by atoms with E-state index in [0.29, 0.717) is 6.54 Å². The van der Waals surface area contributed by atoms with E-state index in [4.69, 9.17) is 10.5 Å². The first-order chi connectivity index (χ1) is 9.13. The molecule has 0 amide bonds. The van der Waals surface area contributed by atoms with Crippen LogP contribution in [0.1, 0.15) is 16.8 Å². The first kappa shape index (κ1) is 13.9. The van der Waals surface area contributed by atoms with Crippen molar-refractivity contribution in [2.45, 2.75) is 30.3 Å². The van der Waals surface area contributed by atoms with Gasteiger partial charge >= 0.3 is 0 Å². The van der Waals surface area contributed by atoms with Crippen LogP contribution in [0.15, 0.2) is 40.3 Å². The Morgan fingerprint density at radius 1 is 1.26 bits per heavy atom. The standard InChI is InChI=1S/C15H18N2OS/c1-10-7-11(2)17-15(14(10)9-16)19-13-6-4-5-12(8-13)18-3/h4-8H,9,16H2,1-3H3. The van der Waals surface area contributed by atoms with Crippen LogP contribution in [-0.4, -0.2) is 12.1 Å². The van der Waals surface area contributed by atoms with E-state index < -0.39 is 0 Å². The van der Waals surface area contributed by atoms with Crippen molar-refractivity contribution in [3.8, 4) is 5.75 Å². The lowest BCUT2D eigenvalue weighted by Crippen LogP contribution is -2.04. The van der Waals surface area contributed by atoms with Crippen LogP contribution in [-0.2, 0) is 6.54 Å². The molecule has 0 fully saturated rings. The zero-order valence-corrected chi connectivity index (χ0v) is 12.3. The van der Waals surface area contributed by atoms with Crippen LogP contribution in [0.5, 0.6) is 5.75 Å². The molecule has 0 atom stereocenters. The van der Waals surface area contributed by atoms with Crippen molar-refractivity contribution in [2.75, 3.05) is 7.11 Å². The van der Waals surface area contributed by atoms with Crippen LogP contribution in [0, 0.1) is 13.8 Å². The summed E-state index contributed by atoms with van der Waals surface area (Å²) in [6, 6.07) is 10.0. The highest BCUT2D eigenvalue weighted by atomic mass is 32.2. The number of aromatic nitrogens is 1. The predicted octanol–water partition coefficient (Wildman–Crippen LogP) is 3.32. The number of benzene rings is 1. The highest BCUT2D eigenvalue weighted by Gasteiger charge is 2.09. The normalized spacial score (nSPS) is 10.5. The quantitative estimate of drug-likeness (QED) is 0.929. The summed E-state index contributed by atoms with van der Waals surface area (Å²) < 4.78 is 5.24. The van der Waals surface area contributed by atoms with Crippen LogP contribution in [0.3, 0.4) is 0 Å². The lowest BCUT2D eigenvalue weighted by molar-refractivity contribution is 0.413. The molecule has 0 radical (unpaired) electrons. The first-order valence-electron chi connectivity index (χ1n) is 6.13. The van der Waals surface area contributed by atoms with E-state index in [0.717, 1.165) is 26.9 Å². The topological polar surface area (TPSA) is 48.1 Å². The molecule has 0 aliphatic heterocycles. The Labute approximate surface area is 118 Å². The molecule has 0 unspecified atom stereocenters. The molecular formula is C15H18N2OS. The van der Waals surface area contributed by atoms with Crippen molar-refractivity contribution >= 4 is 11.8 Å². The summed E-state index contributed by atoms with van der Waals surface area (Å²) >= 11 is 1.63. The van der Waals surface area contributed by atoms with E-state index in [2.05, 4.69) is 18.0 Å². The minimum Gasteiger partial charge on any atom is -0.497 e. The Balaban J connectivity index is 2.36. The van der Waals surface area contributed by atoms with Gasteiger partial charge in [-0.1, -0.05) is 17.8 Å². The molecular weight excluding hydrogens is 256 g/mol. The number of hydrogen-bond donors (Lipinski definition) is 1. The summed E-state index contributed by atoms with van der Waals surface area (Å²) in [5.41, 5.74) is 9.15. The fourth-order valence-electron chi connectivity index (χ4n) is 1.94. The molecule has 0 saturated heterocycles. The van der Waals surface area contributed by atoms with Gasteiger partial charge in [0.2, 0.25) is 0 Å². The molecule has 1 heterocycles. The van der Waals surface area contributed by atoms with Crippen molar-refractivity contribution in [1.29, 1.82) is 0 Å². The Morgan fingerprint density at radius 2 is 2.05 bits per heavy atom. The number of rotatable bonds is 4. The molecule has 1 aromatic heterocycles. The van der Waals surface area contributed by atoms with E-state index in [1.165, 1.54) is 5.56 Å². The molecule has 0 spiro atoms. The van der Waals surface area contributed by atoms with E-state index in [1.54, 1.807) is 18.9 Å². The van der Waals surface area contributed by atoms with Crippen LogP contribution in [0.4, 0.5) is 0 Å². The Hall–Kier alpha value is -1.52. The molecule has 0 saturated carbocycles. The second-order valence-electron chi connectivity index (χ2n) is 4.35. The third-order valence-corrected chi connectivity index (χ3v) is 3.92. The fraction of sp³-hybridized carbons (Fsp3) is 0.267. The van der Waals surface area contributed by atoms with Crippen LogP contribution < -0.4 is 10.5 Å². The maximum atomic E-state index is 5.83. The number of ether oxygens (including phenoxy) is 1. The SMILES string of the molecule is COc1cccc(Sc2nc(C)cc(C)c2CN)c1. The molecule has 1 aromatic carbocycles. The second-order valence-corrected chi connectivity index (χ2v) is 5.41. The number of pyridine rings is 1. The van der Waals surface area contributed by atoms with Gasteiger partial charge in [0.05, 0.1) is 7.11 Å². The number of aryl methyl sites for hydroxylation is 2. The zero-order chi connectivity index (χ0) is 13.8. The first-order valence-corrected chi connectivity index (χ1v) is 6.94. The van der Waals surface area contributed by atoms with Gasteiger partial charge in [-0.15, -0.1) is 0 Å².